The molecule has 0 saturated carbocycles. The molecule has 1 saturated heterocycles. The molecule has 0 spiro atoms. The number of methoxy groups -OCH3 is 1. The second-order valence-electron chi connectivity index (χ2n) is 4.11. The van der Waals surface area contributed by atoms with E-state index in [0.29, 0.717) is 6.61 Å². The average Bonchev–Trinajstić information content (AvgIpc) is 2.60. The van der Waals surface area contributed by atoms with Crippen LogP contribution in [0, 0.1) is 23.7 Å². The maximum Gasteiger partial charge on any atom is 0.310 e. The fraction of sp³-hybridized carbons (Fsp3) is 0.636. The third-order valence-electron chi connectivity index (χ3n) is 3.24. The van der Waals surface area contributed by atoms with Crippen molar-refractivity contribution >= 4 is 11.9 Å². The maximum absolute atomic E-state index is 11.6. The number of esters is 2. The van der Waals surface area contributed by atoms with Gasteiger partial charge in [0, 0.05) is 5.92 Å². The summed E-state index contributed by atoms with van der Waals surface area (Å²) in [6, 6.07) is 0. The molecule has 4 nitrogen and oxygen atoms in total. The Labute approximate surface area is 88.2 Å². The molecule has 0 aromatic carbocycles. The lowest BCUT2D eigenvalue weighted by Crippen LogP contribution is -2.38. The minimum absolute atomic E-state index is 0.0318. The highest BCUT2D eigenvalue weighted by molar-refractivity contribution is 5.84. The van der Waals surface area contributed by atoms with Gasteiger partial charge in [-0.3, -0.25) is 9.59 Å². The van der Waals surface area contributed by atoms with Crippen molar-refractivity contribution in [1.29, 1.82) is 0 Å². The number of fused-ring (bicyclic) bond motifs is 1. The zero-order valence-corrected chi connectivity index (χ0v) is 8.80. The van der Waals surface area contributed by atoms with Gasteiger partial charge >= 0.3 is 11.9 Å². The van der Waals surface area contributed by atoms with E-state index in [1.54, 1.807) is 0 Å². The number of hydrogen-bond acceptors (Lipinski definition) is 4. The van der Waals surface area contributed by atoms with E-state index in [1.807, 2.05) is 19.1 Å². The molecule has 1 fully saturated rings. The summed E-state index contributed by atoms with van der Waals surface area (Å²) in [6.07, 6.45) is 3.93. The van der Waals surface area contributed by atoms with Gasteiger partial charge in [0.25, 0.3) is 0 Å². The van der Waals surface area contributed by atoms with Crippen LogP contribution in [0.3, 0.4) is 0 Å². The number of allylic oxidation sites excluding steroid dienone is 1. The van der Waals surface area contributed by atoms with E-state index in [2.05, 4.69) is 0 Å². The molecule has 0 radical (unpaired) electrons. The normalized spacial score (nSPS) is 38.4. The summed E-state index contributed by atoms with van der Waals surface area (Å²) in [5, 5.41) is 0. The first-order valence-corrected chi connectivity index (χ1v) is 5.08. The predicted octanol–water partition coefficient (Wildman–Crippen LogP) is 0.771. The zero-order chi connectivity index (χ0) is 11.0. The topological polar surface area (TPSA) is 52.6 Å². The van der Waals surface area contributed by atoms with Crippen LogP contribution in [0.5, 0.6) is 0 Å². The van der Waals surface area contributed by atoms with Crippen molar-refractivity contribution in [3.05, 3.63) is 12.2 Å². The van der Waals surface area contributed by atoms with Crippen molar-refractivity contribution in [3.8, 4) is 0 Å². The first-order valence-electron chi connectivity index (χ1n) is 5.08. The molecule has 15 heavy (non-hydrogen) atoms. The first-order chi connectivity index (χ1) is 7.15. The molecule has 1 aliphatic carbocycles. The van der Waals surface area contributed by atoms with E-state index in [1.165, 1.54) is 7.11 Å². The highest BCUT2D eigenvalue weighted by Gasteiger charge is 2.48. The lowest BCUT2D eigenvalue weighted by atomic mass is 9.72. The number of rotatable bonds is 1. The Morgan fingerprint density at radius 1 is 1.53 bits per heavy atom. The largest absolute Gasteiger partial charge is 0.469 e. The minimum Gasteiger partial charge on any atom is -0.469 e. The Balaban J connectivity index is 2.30. The molecular weight excluding hydrogens is 196 g/mol. The van der Waals surface area contributed by atoms with Crippen molar-refractivity contribution in [3.63, 3.8) is 0 Å². The molecule has 0 aromatic rings. The molecule has 0 unspecified atom stereocenters. The molecule has 0 bridgehead atoms. The zero-order valence-electron chi connectivity index (χ0n) is 8.80. The molecule has 4 heteroatoms. The Hall–Kier alpha value is -1.32. The van der Waals surface area contributed by atoms with Crippen LogP contribution in [0.25, 0.3) is 0 Å². The summed E-state index contributed by atoms with van der Waals surface area (Å²) < 4.78 is 9.71. The molecule has 1 heterocycles. The molecule has 2 rings (SSSR count). The molecule has 0 amide bonds. The summed E-state index contributed by atoms with van der Waals surface area (Å²) in [6.45, 7) is 2.31. The van der Waals surface area contributed by atoms with Gasteiger partial charge in [0.2, 0.25) is 0 Å². The Kier molecular flexibility index (Phi) is 2.50. The van der Waals surface area contributed by atoms with Crippen LogP contribution in [-0.4, -0.2) is 25.7 Å². The van der Waals surface area contributed by atoms with E-state index >= 15 is 0 Å². The summed E-state index contributed by atoms with van der Waals surface area (Å²) in [5.74, 6) is -1.26. The van der Waals surface area contributed by atoms with Crippen LogP contribution < -0.4 is 0 Å². The monoisotopic (exact) mass is 210 g/mol. The highest BCUT2D eigenvalue weighted by Crippen LogP contribution is 2.39. The van der Waals surface area contributed by atoms with Crippen LogP contribution in [0.15, 0.2) is 12.2 Å². The van der Waals surface area contributed by atoms with E-state index in [0.717, 1.165) is 0 Å². The SMILES string of the molecule is COC(=O)[C@@H]1[C@H]2C(=O)OC[C@H]2C=C[C@H]1C. The van der Waals surface area contributed by atoms with Crippen molar-refractivity contribution in [2.24, 2.45) is 23.7 Å². The average molecular weight is 210 g/mol. The van der Waals surface area contributed by atoms with Gasteiger partial charge in [0.05, 0.1) is 25.6 Å². The van der Waals surface area contributed by atoms with Crippen molar-refractivity contribution < 1.29 is 19.1 Å². The van der Waals surface area contributed by atoms with Gasteiger partial charge < -0.3 is 9.47 Å². The Morgan fingerprint density at radius 3 is 2.93 bits per heavy atom. The molecule has 2 aliphatic rings. The third kappa shape index (κ3) is 1.54. The van der Waals surface area contributed by atoms with E-state index in [-0.39, 0.29) is 35.6 Å². The summed E-state index contributed by atoms with van der Waals surface area (Å²) in [4.78, 5) is 23.1. The van der Waals surface area contributed by atoms with Crippen LogP contribution in [0.4, 0.5) is 0 Å². The van der Waals surface area contributed by atoms with Gasteiger partial charge in [0.15, 0.2) is 0 Å². The molecule has 1 aliphatic heterocycles. The standard InChI is InChI=1S/C11H14O4/c1-6-3-4-7-5-15-11(13)9(7)8(6)10(12)14-2/h3-4,6-9H,5H2,1-2H3/t6-,7-,8+,9+/m1/s1. The number of hydrogen-bond donors (Lipinski definition) is 0. The fourth-order valence-electron chi connectivity index (χ4n) is 2.40. The molecule has 0 aromatic heterocycles. The van der Waals surface area contributed by atoms with E-state index < -0.39 is 0 Å². The number of carbonyl (C=O) groups excluding carboxylic acids is 2. The van der Waals surface area contributed by atoms with Gasteiger partial charge in [0.1, 0.15) is 0 Å². The van der Waals surface area contributed by atoms with E-state index in [4.69, 9.17) is 9.47 Å². The second kappa shape index (κ2) is 3.68. The number of ether oxygens (including phenoxy) is 2. The van der Waals surface area contributed by atoms with Crippen molar-refractivity contribution in [2.75, 3.05) is 13.7 Å². The molecular formula is C11H14O4. The van der Waals surface area contributed by atoms with Crippen LogP contribution >= 0.6 is 0 Å². The van der Waals surface area contributed by atoms with Gasteiger partial charge in [-0.05, 0) is 5.92 Å². The molecule has 4 atom stereocenters. The second-order valence-corrected chi connectivity index (χ2v) is 4.11. The Morgan fingerprint density at radius 2 is 2.27 bits per heavy atom. The Bertz CT molecular complexity index is 321. The highest BCUT2D eigenvalue weighted by atomic mass is 16.5. The smallest absolute Gasteiger partial charge is 0.310 e. The lowest BCUT2D eigenvalue weighted by molar-refractivity contribution is -0.155. The lowest BCUT2D eigenvalue weighted by Gasteiger charge is -2.29. The van der Waals surface area contributed by atoms with Crippen LogP contribution in [-0.2, 0) is 19.1 Å². The minimum atomic E-state index is -0.389. The van der Waals surface area contributed by atoms with Crippen molar-refractivity contribution in [1.82, 2.24) is 0 Å². The maximum atomic E-state index is 11.6. The number of cyclic esters (lactones) is 1. The molecule has 82 valence electrons. The summed E-state index contributed by atoms with van der Waals surface area (Å²) in [5.41, 5.74) is 0. The quantitative estimate of drug-likeness (QED) is 0.474. The van der Waals surface area contributed by atoms with Gasteiger partial charge in [-0.25, -0.2) is 0 Å². The van der Waals surface area contributed by atoms with Crippen molar-refractivity contribution in [2.45, 2.75) is 6.92 Å². The predicted molar refractivity (Wildman–Crippen MR) is 51.7 cm³/mol. The van der Waals surface area contributed by atoms with Gasteiger partial charge in [-0.1, -0.05) is 19.1 Å². The first kappa shape index (κ1) is 10.2. The van der Waals surface area contributed by atoms with Crippen LogP contribution in [0.2, 0.25) is 0 Å². The number of carbonyl (C=O) groups is 2. The summed E-state index contributed by atoms with van der Waals surface area (Å²) in [7, 11) is 1.35. The molecule has 0 N–H and O–H groups in total. The van der Waals surface area contributed by atoms with E-state index in [9.17, 15) is 9.59 Å². The summed E-state index contributed by atoms with van der Waals surface area (Å²) >= 11 is 0. The van der Waals surface area contributed by atoms with Gasteiger partial charge in [-0.2, -0.15) is 0 Å². The van der Waals surface area contributed by atoms with Gasteiger partial charge in [-0.15, -0.1) is 0 Å². The third-order valence-corrected chi connectivity index (χ3v) is 3.24. The van der Waals surface area contributed by atoms with Crippen LogP contribution in [0.1, 0.15) is 6.92 Å². The fourth-order valence-corrected chi connectivity index (χ4v) is 2.40.